The lowest BCUT2D eigenvalue weighted by Crippen LogP contribution is -2.00. The standard InChI is InChI=1S/C18H11N7O/c19-10-12-11-20-7-4-13(12)23-18-21-8-5-16(24-18)14-2-1-3-15(22-14)17-6-9-26-25-17/h1-9,11H,(H,20,21,23,24). The Hall–Kier alpha value is -4.12. The third-order valence-electron chi connectivity index (χ3n) is 3.56. The predicted molar refractivity (Wildman–Crippen MR) is 93.0 cm³/mol. The van der Waals surface area contributed by atoms with Crippen molar-refractivity contribution < 1.29 is 4.52 Å². The molecule has 0 saturated carbocycles. The van der Waals surface area contributed by atoms with Gasteiger partial charge in [-0.25, -0.2) is 15.0 Å². The zero-order chi connectivity index (χ0) is 17.8. The van der Waals surface area contributed by atoms with E-state index in [4.69, 9.17) is 9.78 Å². The number of pyridine rings is 2. The molecule has 1 N–H and O–H groups in total. The normalized spacial score (nSPS) is 10.3. The van der Waals surface area contributed by atoms with Gasteiger partial charge >= 0.3 is 0 Å². The fourth-order valence-electron chi connectivity index (χ4n) is 2.34. The summed E-state index contributed by atoms with van der Waals surface area (Å²) in [6.07, 6.45) is 6.20. The molecule has 4 aromatic rings. The van der Waals surface area contributed by atoms with Gasteiger partial charge in [-0.3, -0.25) is 4.98 Å². The molecule has 0 aliphatic heterocycles. The van der Waals surface area contributed by atoms with Crippen LogP contribution in [0, 0.1) is 11.3 Å². The number of hydrogen-bond acceptors (Lipinski definition) is 8. The van der Waals surface area contributed by atoms with Crippen molar-refractivity contribution in [3.8, 4) is 28.8 Å². The molecule has 8 nitrogen and oxygen atoms in total. The summed E-state index contributed by atoms with van der Waals surface area (Å²) in [4.78, 5) is 17.2. The molecule has 4 aromatic heterocycles. The smallest absolute Gasteiger partial charge is 0.227 e. The number of nitrogens with one attached hydrogen (secondary N) is 1. The SMILES string of the molecule is N#Cc1cnccc1Nc1nccc(-c2cccc(-c3ccon3)n2)n1. The molecule has 0 atom stereocenters. The molecule has 0 saturated heterocycles. The molecule has 8 heteroatoms. The summed E-state index contributed by atoms with van der Waals surface area (Å²) >= 11 is 0. The summed E-state index contributed by atoms with van der Waals surface area (Å²) in [5.74, 6) is 0.360. The molecular formula is C18H11N7O. The summed E-state index contributed by atoms with van der Waals surface area (Å²) < 4.78 is 4.86. The topological polar surface area (TPSA) is 113 Å². The molecule has 0 fully saturated rings. The van der Waals surface area contributed by atoms with Crippen LogP contribution in [0.1, 0.15) is 5.56 Å². The van der Waals surface area contributed by atoms with Crippen molar-refractivity contribution in [2.75, 3.05) is 5.32 Å². The molecule has 4 rings (SSSR count). The summed E-state index contributed by atoms with van der Waals surface area (Å²) in [5.41, 5.74) is 3.64. The fourth-order valence-corrected chi connectivity index (χ4v) is 2.34. The molecule has 0 radical (unpaired) electrons. The quantitative estimate of drug-likeness (QED) is 0.602. The number of hydrogen-bond donors (Lipinski definition) is 1. The Morgan fingerprint density at radius 1 is 0.923 bits per heavy atom. The van der Waals surface area contributed by atoms with Crippen molar-refractivity contribution in [1.82, 2.24) is 25.1 Å². The highest BCUT2D eigenvalue weighted by molar-refractivity contribution is 5.65. The molecular weight excluding hydrogens is 330 g/mol. The van der Waals surface area contributed by atoms with E-state index < -0.39 is 0 Å². The van der Waals surface area contributed by atoms with Crippen molar-refractivity contribution in [2.45, 2.75) is 0 Å². The van der Waals surface area contributed by atoms with E-state index in [0.29, 0.717) is 40.0 Å². The van der Waals surface area contributed by atoms with Gasteiger partial charge < -0.3 is 9.84 Å². The maximum Gasteiger partial charge on any atom is 0.227 e. The number of anilines is 2. The Balaban J connectivity index is 1.66. The van der Waals surface area contributed by atoms with E-state index in [0.717, 1.165) is 0 Å². The van der Waals surface area contributed by atoms with Gasteiger partial charge in [0, 0.05) is 24.7 Å². The summed E-state index contributed by atoms with van der Waals surface area (Å²) in [5, 5.41) is 16.1. The Bertz CT molecular complexity index is 1090. The number of nitrogens with zero attached hydrogens (tertiary/aromatic N) is 6. The van der Waals surface area contributed by atoms with Gasteiger partial charge in [0.15, 0.2) is 0 Å². The number of nitriles is 1. The second-order valence-corrected chi connectivity index (χ2v) is 5.22. The molecule has 0 aromatic carbocycles. The summed E-state index contributed by atoms with van der Waals surface area (Å²) in [7, 11) is 0. The van der Waals surface area contributed by atoms with Crippen molar-refractivity contribution in [3.05, 3.63) is 66.8 Å². The predicted octanol–water partition coefficient (Wildman–Crippen LogP) is 3.20. The zero-order valence-electron chi connectivity index (χ0n) is 13.4. The van der Waals surface area contributed by atoms with Crippen LogP contribution in [-0.4, -0.2) is 25.1 Å². The molecule has 0 aliphatic carbocycles. The second-order valence-electron chi connectivity index (χ2n) is 5.22. The molecule has 0 aliphatic rings. The van der Waals surface area contributed by atoms with Crippen LogP contribution >= 0.6 is 0 Å². The molecule has 0 bridgehead atoms. The Kier molecular flexibility index (Phi) is 4.02. The maximum atomic E-state index is 9.16. The fraction of sp³-hybridized carbons (Fsp3) is 0. The molecule has 4 heterocycles. The number of aromatic nitrogens is 5. The van der Waals surface area contributed by atoms with E-state index in [1.54, 1.807) is 30.6 Å². The van der Waals surface area contributed by atoms with Gasteiger partial charge in [-0.2, -0.15) is 5.26 Å². The van der Waals surface area contributed by atoms with Crippen LogP contribution in [0.25, 0.3) is 22.8 Å². The van der Waals surface area contributed by atoms with Crippen LogP contribution in [-0.2, 0) is 0 Å². The van der Waals surface area contributed by atoms with Crippen molar-refractivity contribution >= 4 is 11.6 Å². The first-order valence-corrected chi connectivity index (χ1v) is 7.66. The van der Waals surface area contributed by atoms with E-state index in [2.05, 4.69) is 36.5 Å². The van der Waals surface area contributed by atoms with Gasteiger partial charge in [0.1, 0.15) is 18.0 Å². The maximum absolute atomic E-state index is 9.16. The van der Waals surface area contributed by atoms with Crippen LogP contribution in [0.3, 0.4) is 0 Å². The minimum atomic E-state index is 0.360. The van der Waals surface area contributed by atoms with E-state index in [9.17, 15) is 0 Å². The Morgan fingerprint density at radius 2 is 1.77 bits per heavy atom. The first-order valence-electron chi connectivity index (χ1n) is 7.66. The second kappa shape index (κ2) is 6.78. The van der Waals surface area contributed by atoms with Crippen molar-refractivity contribution in [1.29, 1.82) is 5.26 Å². The zero-order valence-corrected chi connectivity index (χ0v) is 13.4. The highest BCUT2D eigenvalue weighted by Crippen LogP contribution is 2.22. The first kappa shape index (κ1) is 15.4. The molecule has 0 unspecified atom stereocenters. The Morgan fingerprint density at radius 3 is 2.58 bits per heavy atom. The largest absolute Gasteiger partial charge is 0.364 e. The van der Waals surface area contributed by atoms with Gasteiger partial charge in [-0.15, -0.1) is 0 Å². The molecule has 0 spiro atoms. The minimum Gasteiger partial charge on any atom is -0.364 e. The highest BCUT2D eigenvalue weighted by atomic mass is 16.5. The lowest BCUT2D eigenvalue weighted by Gasteiger charge is -2.07. The molecule has 124 valence electrons. The average Bonchev–Trinajstić information content (AvgIpc) is 3.24. The Labute approximate surface area is 148 Å². The highest BCUT2D eigenvalue weighted by Gasteiger charge is 2.09. The summed E-state index contributed by atoms with van der Waals surface area (Å²) in [6.45, 7) is 0. The molecule has 0 amide bonds. The van der Waals surface area contributed by atoms with Crippen LogP contribution in [0.4, 0.5) is 11.6 Å². The first-order chi connectivity index (χ1) is 12.8. The van der Waals surface area contributed by atoms with Crippen LogP contribution < -0.4 is 5.32 Å². The van der Waals surface area contributed by atoms with Crippen LogP contribution in [0.5, 0.6) is 0 Å². The lowest BCUT2D eigenvalue weighted by molar-refractivity contribution is 0.422. The summed E-state index contributed by atoms with van der Waals surface area (Å²) in [6, 6.07) is 12.8. The van der Waals surface area contributed by atoms with Crippen LogP contribution in [0.15, 0.2) is 65.8 Å². The van der Waals surface area contributed by atoms with Crippen molar-refractivity contribution in [2.24, 2.45) is 0 Å². The third kappa shape index (κ3) is 3.09. The van der Waals surface area contributed by atoms with E-state index >= 15 is 0 Å². The van der Waals surface area contributed by atoms with Gasteiger partial charge in [0.05, 0.1) is 28.3 Å². The lowest BCUT2D eigenvalue weighted by atomic mass is 10.2. The third-order valence-corrected chi connectivity index (χ3v) is 3.56. The van der Waals surface area contributed by atoms with E-state index in [1.807, 2.05) is 18.2 Å². The average molecular weight is 341 g/mol. The minimum absolute atomic E-state index is 0.360. The van der Waals surface area contributed by atoms with Crippen LogP contribution in [0.2, 0.25) is 0 Å². The van der Waals surface area contributed by atoms with Gasteiger partial charge in [0.2, 0.25) is 5.95 Å². The van der Waals surface area contributed by atoms with Crippen molar-refractivity contribution in [3.63, 3.8) is 0 Å². The van der Waals surface area contributed by atoms with Gasteiger partial charge in [0.25, 0.3) is 0 Å². The van der Waals surface area contributed by atoms with Gasteiger partial charge in [-0.1, -0.05) is 11.2 Å². The van der Waals surface area contributed by atoms with Gasteiger partial charge in [-0.05, 0) is 24.3 Å². The van der Waals surface area contributed by atoms with E-state index in [1.165, 1.54) is 12.5 Å². The monoisotopic (exact) mass is 341 g/mol. The van der Waals surface area contributed by atoms with E-state index in [-0.39, 0.29) is 0 Å². The molecule has 26 heavy (non-hydrogen) atoms. The number of rotatable bonds is 4.